The highest BCUT2D eigenvalue weighted by atomic mass is 14.9. The van der Waals surface area contributed by atoms with Crippen molar-refractivity contribution in [1.82, 2.24) is 10.6 Å². The van der Waals surface area contributed by atoms with Crippen LogP contribution in [-0.4, -0.2) is 19.1 Å². The largest absolute Gasteiger partial charge is 0.389 e. The Morgan fingerprint density at radius 3 is 1.86 bits per heavy atom. The molecule has 0 aliphatic heterocycles. The lowest BCUT2D eigenvalue weighted by Crippen LogP contribution is -2.23. The van der Waals surface area contributed by atoms with Crippen LogP contribution in [0.1, 0.15) is 79.1 Å². The Labute approximate surface area is 139 Å². The van der Waals surface area contributed by atoms with E-state index in [9.17, 15) is 0 Å². The lowest BCUT2D eigenvalue weighted by molar-refractivity contribution is 0.530. The zero-order valence-electron chi connectivity index (χ0n) is 15.6. The van der Waals surface area contributed by atoms with Gasteiger partial charge in [0.25, 0.3) is 0 Å². The van der Waals surface area contributed by atoms with Crippen LogP contribution in [0.25, 0.3) is 0 Å². The summed E-state index contributed by atoms with van der Waals surface area (Å²) in [4.78, 5) is 0. The van der Waals surface area contributed by atoms with Gasteiger partial charge in [0.15, 0.2) is 0 Å². The standard InChI is InChI=1S/C20H40N2/c1-17(2)19(5)13-14-20(6)22-16-12-10-8-7-9-11-15-21-18(3)4/h17-18,21-22H,5-16H2,1-4H3. The van der Waals surface area contributed by atoms with Crippen molar-refractivity contribution in [2.24, 2.45) is 5.92 Å². The lowest BCUT2D eigenvalue weighted by atomic mass is 10.00. The van der Waals surface area contributed by atoms with Crippen molar-refractivity contribution < 1.29 is 0 Å². The fraction of sp³-hybridized carbons (Fsp3) is 0.800. The van der Waals surface area contributed by atoms with Gasteiger partial charge in [-0.15, -0.1) is 0 Å². The van der Waals surface area contributed by atoms with Gasteiger partial charge in [0.05, 0.1) is 0 Å². The molecule has 0 aromatic heterocycles. The molecule has 0 saturated heterocycles. The maximum Gasteiger partial charge on any atom is 0.0143 e. The quantitative estimate of drug-likeness (QED) is 0.312. The highest BCUT2D eigenvalue weighted by Gasteiger charge is 2.01. The molecule has 0 aliphatic carbocycles. The van der Waals surface area contributed by atoms with Gasteiger partial charge in [-0.25, -0.2) is 0 Å². The summed E-state index contributed by atoms with van der Waals surface area (Å²) in [5, 5.41) is 6.92. The van der Waals surface area contributed by atoms with E-state index in [-0.39, 0.29) is 0 Å². The molecule has 0 fully saturated rings. The molecule has 0 saturated carbocycles. The molecule has 0 atom stereocenters. The van der Waals surface area contributed by atoms with Crippen molar-refractivity contribution in [3.05, 3.63) is 24.4 Å². The zero-order valence-corrected chi connectivity index (χ0v) is 15.6. The SMILES string of the molecule is C=C(CCC(=C)C(C)C)NCCCCCCCCNC(C)C. The Bertz CT molecular complexity index is 292. The third-order valence-electron chi connectivity index (χ3n) is 4.10. The summed E-state index contributed by atoms with van der Waals surface area (Å²) in [5.41, 5.74) is 2.50. The third kappa shape index (κ3) is 14.2. The minimum Gasteiger partial charge on any atom is -0.389 e. The van der Waals surface area contributed by atoms with Crippen molar-refractivity contribution in [2.75, 3.05) is 13.1 Å². The first-order chi connectivity index (χ1) is 10.4. The van der Waals surface area contributed by atoms with Crippen LogP contribution < -0.4 is 10.6 Å². The maximum absolute atomic E-state index is 4.11. The Balaban J connectivity index is 3.28. The van der Waals surface area contributed by atoms with E-state index in [0.29, 0.717) is 12.0 Å². The molecule has 0 amide bonds. The molecule has 0 heterocycles. The molecular formula is C20H40N2. The van der Waals surface area contributed by atoms with Crippen LogP contribution in [0.2, 0.25) is 0 Å². The Hall–Kier alpha value is -0.760. The van der Waals surface area contributed by atoms with Gasteiger partial charge in [-0.2, -0.15) is 0 Å². The Morgan fingerprint density at radius 2 is 1.32 bits per heavy atom. The normalized spacial score (nSPS) is 11.2. The van der Waals surface area contributed by atoms with Gasteiger partial charge in [-0.3, -0.25) is 0 Å². The second-order valence-corrected chi connectivity index (χ2v) is 7.07. The van der Waals surface area contributed by atoms with E-state index in [1.54, 1.807) is 0 Å². The van der Waals surface area contributed by atoms with E-state index >= 15 is 0 Å². The van der Waals surface area contributed by atoms with Gasteiger partial charge in [0, 0.05) is 18.3 Å². The molecule has 0 aromatic rings. The van der Waals surface area contributed by atoms with Crippen LogP contribution in [-0.2, 0) is 0 Å². The van der Waals surface area contributed by atoms with E-state index in [1.165, 1.54) is 56.3 Å². The van der Waals surface area contributed by atoms with E-state index in [1.807, 2.05) is 0 Å². The second kappa shape index (κ2) is 13.9. The summed E-state index contributed by atoms with van der Waals surface area (Å²) >= 11 is 0. The monoisotopic (exact) mass is 308 g/mol. The summed E-state index contributed by atoms with van der Waals surface area (Å²) < 4.78 is 0. The average molecular weight is 309 g/mol. The number of rotatable bonds is 15. The van der Waals surface area contributed by atoms with Crippen molar-refractivity contribution >= 4 is 0 Å². The molecule has 0 aliphatic rings. The van der Waals surface area contributed by atoms with Crippen molar-refractivity contribution in [3.8, 4) is 0 Å². The van der Waals surface area contributed by atoms with Gasteiger partial charge in [-0.1, -0.05) is 72.1 Å². The third-order valence-corrected chi connectivity index (χ3v) is 4.10. The van der Waals surface area contributed by atoms with Gasteiger partial charge in [0.1, 0.15) is 0 Å². The number of unbranched alkanes of at least 4 members (excludes halogenated alkanes) is 5. The van der Waals surface area contributed by atoms with Crippen LogP contribution >= 0.6 is 0 Å². The zero-order chi connectivity index (χ0) is 16.8. The van der Waals surface area contributed by atoms with E-state index in [0.717, 1.165) is 19.4 Å². The fourth-order valence-corrected chi connectivity index (χ4v) is 2.30. The van der Waals surface area contributed by atoms with Gasteiger partial charge in [0.2, 0.25) is 0 Å². The van der Waals surface area contributed by atoms with Crippen LogP contribution in [0, 0.1) is 5.92 Å². The second-order valence-electron chi connectivity index (χ2n) is 7.07. The maximum atomic E-state index is 4.11. The van der Waals surface area contributed by atoms with Crippen LogP contribution in [0.3, 0.4) is 0 Å². The molecule has 2 heteroatoms. The highest BCUT2D eigenvalue weighted by molar-refractivity contribution is 5.02. The molecule has 0 unspecified atom stereocenters. The topological polar surface area (TPSA) is 24.1 Å². The molecule has 0 radical (unpaired) electrons. The number of allylic oxidation sites excluding steroid dienone is 2. The molecule has 0 aromatic carbocycles. The average Bonchev–Trinajstić information content (AvgIpc) is 2.46. The molecule has 22 heavy (non-hydrogen) atoms. The number of hydrogen-bond acceptors (Lipinski definition) is 2. The Kier molecular flexibility index (Phi) is 13.4. The van der Waals surface area contributed by atoms with Crippen molar-refractivity contribution in [3.63, 3.8) is 0 Å². The fourth-order valence-electron chi connectivity index (χ4n) is 2.30. The molecule has 0 spiro atoms. The lowest BCUT2D eigenvalue weighted by Gasteiger charge is -2.12. The molecular weight excluding hydrogens is 268 g/mol. The van der Waals surface area contributed by atoms with E-state index in [2.05, 4.69) is 51.5 Å². The predicted molar refractivity (Wildman–Crippen MR) is 101 cm³/mol. The first-order valence-electron chi connectivity index (χ1n) is 9.26. The molecule has 2 N–H and O–H groups in total. The summed E-state index contributed by atoms with van der Waals surface area (Å²) in [7, 11) is 0. The van der Waals surface area contributed by atoms with E-state index in [4.69, 9.17) is 0 Å². The smallest absolute Gasteiger partial charge is 0.0143 e. The molecule has 2 nitrogen and oxygen atoms in total. The van der Waals surface area contributed by atoms with Crippen LogP contribution in [0.4, 0.5) is 0 Å². The highest BCUT2D eigenvalue weighted by Crippen LogP contribution is 2.15. The minimum absolute atomic E-state index is 0.587. The number of hydrogen-bond donors (Lipinski definition) is 2. The van der Waals surface area contributed by atoms with Gasteiger partial charge in [-0.05, 0) is 38.1 Å². The van der Waals surface area contributed by atoms with Crippen LogP contribution in [0.5, 0.6) is 0 Å². The summed E-state index contributed by atoms with van der Waals surface area (Å²) in [6.07, 6.45) is 10.1. The molecule has 0 rings (SSSR count). The van der Waals surface area contributed by atoms with Gasteiger partial charge >= 0.3 is 0 Å². The number of nitrogens with one attached hydrogen (secondary N) is 2. The molecule has 0 bridgehead atoms. The van der Waals surface area contributed by atoms with Crippen molar-refractivity contribution in [2.45, 2.75) is 85.1 Å². The van der Waals surface area contributed by atoms with Gasteiger partial charge < -0.3 is 10.6 Å². The minimum atomic E-state index is 0.587. The summed E-state index contributed by atoms with van der Waals surface area (Å²) in [5.74, 6) is 0.587. The predicted octanol–water partition coefficient (Wildman–Crippen LogP) is 5.42. The summed E-state index contributed by atoms with van der Waals surface area (Å²) in [6, 6.07) is 0.622. The Morgan fingerprint density at radius 1 is 0.773 bits per heavy atom. The van der Waals surface area contributed by atoms with E-state index < -0.39 is 0 Å². The summed E-state index contributed by atoms with van der Waals surface area (Å²) in [6.45, 7) is 19.3. The first-order valence-corrected chi connectivity index (χ1v) is 9.26. The molecule has 130 valence electrons. The van der Waals surface area contributed by atoms with Crippen molar-refractivity contribution in [1.29, 1.82) is 0 Å². The first kappa shape index (κ1) is 21.2. The van der Waals surface area contributed by atoms with Crippen LogP contribution in [0.15, 0.2) is 24.4 Å².